The molecule has 0 saturated heterocycles. The van der Waals surface area contributed by atoms with Crippen molar-refractivity contribution in [2.75, 3.05) is 5.73 Å². The van der Waals surface area contributed by atoms with E-state index in [1.165, 1.54) is 12.1 Å². The summed E-state index contributed by atoms with van der Waals surface area (Å²) in [6.45, 7) is 0. The van der Waals surface area contributed by atoms with Crippen molar-refractivity contribution in [3.05, 3.63) is 41.5 Å². The molecule has 0 unspecified atom stereocenters. The third kappa shape index (κ3) is 1.70. The Morgan fingerprint density at radius 2 is 2.08 bits per heavy atom. The molecule has 0 atom stereocenters. The van der Waals surface area contributed by atoms with E-state index in [1.807, 2.05) is 17.5 Å². The van der Waals surface area contributed by atoms with Crippen LogP contribution < -0.4 is 5.73 Å². The molecular weight excluding hydrogens is 185 g/mol. The topological polar surface area (TPSA) is 26.0 Å². The maximum absolute atomic E-state index is 12.9. The first-order valence-electron chi connectivity index (χ1n) is 3.85. The van der Waals surface area contributed by atoms with Crippen molar-refractivity contribution in [2.45, 2.75) is 0 Å². The highest BCUT2D eigenvalue weighted by atomic mass is 32.1. The fourth-order valence-corrected chi connectivity index (χ4v) is 1.91. The van der Waals surface area contributed by atoms with Crippen LogP contribution in [-0.4, -0.2) is 0 Å². The van der Waals surface area contributed by atoms with Crippen LogP contribution in [0.15, 0.2) is 35.7 Å². The number of nitrogens with two attached hydrogens (primary N) is 1. The summed E-state index contributed by atoms with van der Waals surface area (Å²) in [7, 11) is 0. The molecule has 66 valence electrons. The minimum absolute atomic E-state index is 0.289. The van der Waals surface area contributed by atoms with Gasteiger partial charge in [0, 0.05) is 10.6 Å². The lowest BCUT2D eigenvalue weighted by Gasteiger charge is -1.99. The number of benzene rings is 1. The van der Waals surface area contributed by atoms with Crippen molar-refractivity contribution >= 4 is 17.0 Å². The van der Waals surface area contributed by atoms with Gasteiger partial charge in [0.15, 0.2) is 0 Å². The average Bonchev–Trinajstić information content (AvgIpc) is 2.53. The van der Waals surface area contributed by atoms with E-state index in [0.717, 1.165) is 10.4 Å². The second-order valence-corrected chi connectivity index (χ2v) is 3.70. The summed E-state index contributed by atoms with van der Waals surface area (Å²) in [6, 6.07) is 8.45. The zero-order chi connectivity index (χ0) is 9.26. The predicted octanol–water partition coefficient (Wildman–Crippen LogP) is 3.14. The molecule has 1 heterocycles. The maximum atomic E-state index is 12.9. The lowest BCUT2D eigenvalue weighted by molar-refractivity contribution is 0.629. The van der Waals surface area contributed by atoms with E-state index in [-0.39, 0.29) is 5.82 Å². The van der Waals surface area contributed by atoms with E-state index in [1.54, 1.807) is 17.4 Å². The molecular formula is C10H8FNS. The van der Waals surface area contributed by atoms with Gasteiger partial charge in [-0.05, 0) is 35.2 Å². The number of rotatable bonds is 1. The van der Waals surface area contributed by atoms with Gasteiger partial charge >= 0.3 is 0 Å². The van der Waals surface area contributed by atoms with Crippen LogP contribution in [0.4, 0.5) is 10.1 Å². The molecule has 0 radical (unpaired) electrons. The first-order valence-corrected chi connectivity index (χ1v) is 4.73. The molecule has 0 bridgehead atoms. The Bertz CT molecular complexity index is 389. The van der Waals surface area contributed by atoms with Crippen molar-refractivity contribution in [1.82, 2.24) is 0 Å². The van der Waals surface area contributed by atoms with Crippen molar-refractivity contribution in [2.24, 2.45) is 0 Å². The molecule has 0 amide bonds. The van der Waals surface area contributed by atoms with Crippen molar-refractivity contribution in [1.29, 1.82) is 0 Å². The number of thiophene rings is 1. The fraction of sp³-hybridized carbons (Fsp3) is 0. The van der Waals surface area contributed by atoms with Crippen LogP contribution in [0.1, 0.15) is 0 Å². The predicted molar refractivity (Wildman–Crippen MR) is 54.1 cm³/mol. The van der Waals surface area contributed by atoms with E-state index in [9.17, 15) is 4.39 Å². The highest BCUT2D eigenvalue weighted by Gasteiger charge is 2.01. The summed E-state index contributed by atoms with van der Waals surface area (Å²) in [5.74, 6) is -0.289. The first-order chi connectivity index (χ1) is 6.25. The van der Waals surface area contributed by atoms with Crippen LogP contribution in [0, 0.1) is 5.82 Å². The highest BCUT2D eigenvalue weighted by Crippen LogP contribution is 2.26. The molecule has 2 aromatic rings. The summed E-state index contributed by atoms with van der Waals surface area (Å²) in [4.78, 5) is 1.03. The zero-order valence-corrected chi connectivity index (χ0v) is 7.64. The number of hydrogen-bond donors (Lipinski definition) is 1. The van der Waals surface area contributed by atoms with Crippen molar-refractivity contribution in [3.8, 4) is 10.4 Å². The standard InChI is InChI=1S/C10H8FNS/c11-8-4-7(5-9(12)6-8)10-2-1-3-13-10/h1-6H,12H2. The van der Waals surface area contributed by atoms with E-state index in [4.69, 9.17) is 5.73 Å². The fourth-order valence-electron chi connectivity index (χ4n) is 1.20. The average molecular weight is 193 g/mol. The van der Waals surface area contributed by atoms with Crippen molar-refractivity contribution in [3.63, 3.8) is 0 Å². The smallest absolute Gasteiger partial charge is 0.125 e. The largest absolute Gasteiger partial charge is 0.399 e. The number of halogens is 1. The van der Waals surface area contributed by atoms with E-state index >= 15 is 0 Å². The molecule has 1 aromatic carbocycles. The summed E-state index contributed by atoms with van der Waals surface area (Å²) < 4.78 is 12.9. The summed E-state index contributed by atoms with van der Waals surface area (Å²) in [5.41, 5.74) is 6.83. The van der Waals surface area contributed by atoms with Gasteiger partial charge < -0.3 is 5.73 Å². The van der Waals surface area contributed by atoms with Crippen LogP contribution in [-0.2, 0) is 0 Å². The lowest BCUT2D eigenvalue weighted by Crippen LogP contribution is -1.86. The minimum Gasteiger partial charge on any atom is -0.399 e. The summed E-state index contributed by atoms with van der Waals surface area (Å²) in [5, 5.41) is 1.95. The molecule has 1 aromatic heterocycles. The Hall–Kier alpha value is -1.35. The maximum Gasteiger partial charge on any atom is 0.125 e. The van der Waals surface area contributed by atoms with E-state index in [2.05, 4.69) is 0 Å². The number of anilines is 1. The lowest BCUT2D eigenvalue weighted by atomic mass is 10.1. The molecule has 2 rings (SSSR count). The monoisotopic (exact) mass is 193 g/mol. The Morgan fingerprint density at radius 3 is 2.69 bits per heavy atom. The Balaban J connectivity index is 2.53. The van der Waals surface area contributed by atoms with Crippen LogP contribution in [0.25, 0.3) is 10.4 Å². The number of nitrogen functional groups attached to an aromatic ring is 1. The van der Waals surface area contributed by atoms with Gasteiger partial charge in [-0.1, -0.05) is 6.07 Å². The minimum atomic E-state index is -0.289. The molecule has 13 heavy (non-hydrogen) atoms. The van der Waals surface area contributed by atoms with Crippen molar-refractivity contribution < 1.29 is 4.39 Å². The molecule has 0 aliphatic heterocycles. The third-order valence-corrected chi connectivity index (χ3v) is 2.64. The molecule has 0 spiro atoms. The highest BCUT2D eigenvalue weighted by molar-refractivity contribution is 7.13. The third-order valence-electron chi connectivity index (χ3n) is 1.73. The van der Waals surface area contributed by atoms with Crippen LogP contribution in [0.2, 0.25) is 0 Å². The van der Waals surface area contributed by atoms with Gasteiger partial charge in [-0.2, -0.15) is 0 Å². The van der Waals surface area contributed by atoms with Gasteiger partial charge in [0.05, 0.1) is 0 Å². The van der Waals surface area contributed by atoms with Gasteiger partial charge in [0.1, 0.15) is 5.82 Å². The molecule has 0 aliphatic carbocycles. The molecule has 3 heteroatoms. The van der Waals surface area contributed by atoms with Gasteiger partial charge in [0.25, 0.3) is 0 Å². The summed E-state index contributed by atoms with van der Waals surface area (Å²) >= 11 is 1.57. The Labute approximate surface area is 79.6 Å². The van der Waals surface area contributed by atoms with Gasteiger partial charge in [-0.3, -0.25) is 0 Å². The second kappa shape index (κ2) is 3.18. The van der Waals surface area contributed by atoms with Crippen LogP contribution >= 0.6 is 11.3 Å². The Morgan fingerprint density at radius 1 is 1.23 bits per heavy atom. The molecule has 1 nitrogen and oxygen atoms in total. The summed E-state index contributed by atoms with van der Waals surface area (Å²) in [6.07, 6.45) is 0. The normalized spacial score (nSPS) is 10.2. The second-order valence-electron chi connectivity index (χ2n) is 2.75. The molecule has 0 saturated carbocycles. The number of hydrogen-bond acceptors (Lipinski definition) is 2. The van der Waals surface area contributed by atoms with E-state index in [0.29, 0.717) is 5.69 Å². The van der Waals surface area contributed by atoms with E-state index < -0.39 is 0 Å². The first kappa shape index (κ1) is 8.26. The quantitative estimate of drug-likeness (QED) is 0.692. The molecule has 0 aliphatic rings. The molecule has 0 fully saturated rings. The van der Waals surface area contributed by atoms with Gasteiger partial charge in [-0.25, -0.2) is 4.39 Å². The SMILES string of the molecule is Nc1cc(F)cc(-c2cccs2)c1. The zero-order valence-electron chi connectivity index (χ0n) is 6.83. The molecule has 2 N–H and O–H groups in total. The van der Waals surface area contributed by atoms with Crippen LogP contribution in [0.3, 0.4) is 0 Å². The van der Waals surface area contributed by atoms with Gasteiger partial charge in [0.2, 0.25) is 0 Å². The van der Waals surface area contributed by atoms with Gasteiger partial charge in [-0.15, -0.1) is 11.3 Å². The Kier molecular flexibility index (Phi) is 2.02. The van der Waals surface area contributed by atoms with Crippen LogP contribution in [0.5, 0.6) is 0 Å².